The van der Waals surface area contributed by atoms with Crippen molar-refractivity contribution in [3.63, 3.8) is 0 Å². The standard InChI is InChI=1S/C15H14F3N3O2/c1-21(8-14(22)23-2)13-7-12(19-9-20-13)10-4-3-5-11(6-10)15(16,17)18/h3-7,9H,8H2,1-2H3. The Kier molecular flexibility index (Phi) is 4.83. The summed E-state index contributed by atoms with van der Waals surface area (Å²) in [6.45, 7) is -0.0322. The molecule has 1 heterocycles. The third-order valence-electron chi connectivity index (χ3n) is 3.12. The number of likely N-dealkylation sites (N-methyl/N-ethyl adjacent to an activating group) is 1. The van der Waals surface area contributed by atoms with Crippen molar-refractivity contribution in [2.75, 3.05) is 25.6 Å². The van der Waals surface area contributed by atoms with Crippen molar-refractivity contribution in [3.8, 4) is 11.3 Å². The molecule has 5 nitrogen and oxygen atoms in total. The molecule has 2 aromatic rings. The molecule has 1 aromatic carbocycles. The lowest BCUT2D eigenvalue weighted by Gasteiger charge is -2.17. The molecular weight excluding hydrogens is 311 g/mol. The highest BCUT2D eigenvalue weighted by atomic mass is 19.4. The molecule has 0 fully saturated rings. The van der Waals surface area contributed by atoms with Crippen LogP contribution in [0.15, 0.2) is 36.7 Å². The molecule has 23 heavy (non-hydrogen) atoms. The van der Waals surface area contributed by atoms with Crippen molar-refractivity contribution < 1.29 is 22.7 Å². The number of methoxy groups -OCH3 is 1. The Balaban J connectivity index is 2.31. The minimum absolute atomic E-state index is 0.0322. The van der Waals surface area contributed by atoms with Crippen LogP contribution >= 0.6 is 0 Å². The minimum Gasteiger partial charge on any atom is -0.468 e. The molecule has 122 valence electrons. The first-order valence-corrected chi connectivity index (χ1v) is 6.59. The van der Waals surface area contributed by atoms with E-state index in [1.165, 1.54) is 36.5 Å². The van der Waals surface area contributed by atoms with Crippen LogP contribution in [-0.4, -0.2) is 36.6 Å². The van der Waals surface area contributed by atoms with Crippen molar-refractivity contribution in [2.24, 2.45) is 0 Å². The molecule has 8 heteroatoms. The monoisotopic (exact) mass is 325 g/mol. The smallest absolute Gasteiger partial charge is 0.416 e. The van der Waals surface area contributed by atoms with Gasteiger partial charge in [-0.25, -0.2) is 9.97 Å². The predicted octanol–water partition coefficient (Wildman–Crippen LogP) is 2.77. The number of anilines is 1. The van der Waals surface area contributed by atoms with Gasteiger partial charge in [-0.2, -0.15) is 13.2 Å². The molecule has 0 aliphatic carbocycles. The number of nitrogens with zero attached hydrogens (tertiary/aromatic N) is 3. The zero-order valence-corrected chi connectivity index (χ0v) is 12.5. The Hall–Kier alpha value is -2.64. The van der Waals surface area contributed by atoms with E-state index < -0.39 is 17.7 Å². The van der Waals surface area contributed by atoms with Crippen LogP contribution in [0.1, 0.15) is 5.56 Å². The van der Waals surface area contributed by atoms with Crippen molar-refractivity contribution in [2.45, 2.75) is 6.18 Å². The number of aromatic nitrogens is 2. The van der Waals surface area contributed by atoms with Crippen molar-refractivity contribution in [1.29, 1.82) is 0 Å². The van der Waals surface area contributed by atoms with E-state index in [0.29, 0.717) is 17.1 Å². The lowest BCUT2D eigenvalue weighted by atomic mass is 10.1. The predicted molar refractivity (Wildman–Crippen MR) is 77.8 cm³/mol. The van der Waals surface area contributed by atoms with E-state index in [-0.39, 0.29) is 6.54 Å². The van der Waals surface area contributed by atoms with Gasteiger partial charge in [0.15, 0.2) is 0 Å². The summed E-state index contributed by atoms with van der Waals surface area (Å²) in [5.41, 5.74) is -0.106. The number of alkyl halides is 3. The number of hydrogen-bond donors (Lipinski definition) is 0. The summed E-state index contributed by atoms with van der Waals surface area (Å²) in [5.74, 6) is -0.0513. The fraction of sp³-hybridized carbons (Fsp3) is 0.267. The van der Waals surface area contributed by atoms with E-state index >= 15 is 0 Å². The fourth-order valence-electron chi connectivity index (χ4n) is 1.91. The molecule has 1 aromatic heterocycles. The summed E-state index contributed by atoms with van der Waals surface area (Å²) >= 11 is 0. The lowest BCUT2D eigenvalue weighted by Crippen LogP contribution is -2.27. The molecular formula is C15H14F3N3O2. The van der Waals surface area contributed by atoms with Gasteiger partial charge in [0.05, 0.1) is 18.4 Å². The van der Waals surface area contributed by atoms with Gasteiger partial charge in [0, 0.05) is 18.7 Å². The third-order valence-corrected chi connectivity index (χ3v) is 3.12. The largest absolute Gasteiger partial charge is 0.468 e. The Morgan fingerprint density at radius 1 is 1.26 bits per heavy atom. The topological polar surface area (TPSA) is 55.3 Å². The van der Waals surface area contributed by atoms with E-state index in [4.69, 9.17) is 0 Å². The summed E-state index contributed by atoms with van der Waals surface area (Å²) in [6, 6.07) is 6.37. The van der Waals surface area contributed by atoms with E-state index in [0.717, 1.165) is 12.1 Å². The maximum Gasteiger partial charge on any atom is 0.416 e. The number of rotatable bonds is 4. The maximum atomic E-state index is 12.8. The van der Waals surface area contributed by atoms with Crippen molar-refractivity contribution in [3.05, 3.63) is 42.2 Å². The quantitative estimate of drug-likeness (QED) is 0.809. The second kappa shape index (κ2) is 6.64. The summed E-state index contributed by atoms with van der Waals surface area (Å²) in [4.78, 5) is 20.8. The van der Waals surface area contributed by atoms with Crippen LogP contribution in [0.3, 0.4) is 0 Å². The highest BCUT2D eigenvalue weighted by molar-refractivity contribution is 5.75. The van der Waals surface area contributed by atoms with Crippen LogP contribution in [0.2, 0.25) is 0 Å². The molecule has 0 N–H and O–H groups in total. The average Bonchev–Trinajstić information content (AvgIpc) is 2.54. The van der Waals surface area contributed by atoms with Gasteiger partial charge in [0.25, 0.3) is 0 Å². The summed E-state index contributed by atoms with van der Waals surface area (Å²) < 4.78 is 42.9. The van der Waals surface area contributed by atoms with E-state index in [1.54, 1.807) is 7.05 Å². The SMILES string of the molecule is COC(=O)CN(C)c1cc(-c2cccc(C(F)(F)F)c2)ncn1. The number of hydrogen-bond acceptors (Lipinski definition) is 5. The maximum absolute atomic E-state index is 12.8. The molecule has 0 bridgehead atoms. The van der Waals surface area contributed by atoms with Gasteiger partial charge >= 0.3 is 12.1 Å². The second-order valence-electron chi connectivity index (χ2n) is 4.77. The van der Waals surface area contributed by atoms with Gasteiger partial charge in [0.1, 0.15) is 18.7 Å². The van der Waals surface area contributed by atoms with Crippen LogP contribution in [0, 0.1) is 0 Å². The second-order valence-corrected chi connectivity index (χ2v) is 4.77. The molecule has 0 radical (unpaired) electrons. The number of esters is 1. The van der Waals surface area contributed by atoms with Gasteiger partial charge in [-0.05, 0) is 12.1 Å². The number of carbonyl (C=O) groups is 1. The summed E-state index contributed by atoms with van der Waals surface area (Å²) in [7, 11) is 2.89. The number of carbonyl (C=O) groups excluding carboxylic acids is 1. The Labute approximate surface area is 130 Å². The number of halogens is 3. The van der Waals surface area contributed by atoms with Crippen molar-refractivity contribution >= 4 is 11.8 Å². The van der Waals surface area contributed by atoms with Gasteiger partial charge in [-0.3, -0.25) is 4.79 Å². The van der Waals surface area contributed by atoms with E-state index in [9.17, 15) is 18.0 Å². The minimum atomic E-state index is -4.42. The first-order valence-electron chi connectivity index (χ1n) is 6.59. The number of ether oxygens (including phenoxy) is 1. The molecule has 0 aliphatic rings. The lowest BCUT2D eigenvalue weighted by molar-refractivity contribution is -0.139. The third kappa shape index (κ3) is 4.18. The van der Waals surface area contributed by atoms with Crippen molar-refractivity contribution in [1.82, 2.24) is 9.97 Å². The zero-order valence-electron chi connectivity index (χ0n) is 12.5. The summed E-state index contributed by atoms with van der Waals surface area (Å²) in [5, 5.41) is 0. The first-order chi connectivity index (χ1) is 10.8. The zero-order chi connectivity index (χ0) is 17.0. The van der Waals surface area contributed by atoms with Crippen LogP contribution in [0.4, 0.5) is 19.0 Å². The Morgan fingerprint density at radius 3 is 2.65 bits per heavy atom. The van der Waals surface area contributed by atoms with E-state index in [1.807, 2.05) is 0 Å². The first kappa shape index (κ1) is 16.7. The van der Waals surface area contributed by atoms with Crippen LogP contribution in [0.5, 0.6) is 0 Å². The molecule has 0 unspecified atom stereocenters. The molecule has 2 rings (SSSR count). The molecule has 0 spiro atoms. The molecule has 0 aliphatic heterocycles. The summed E-state index contributed by atoms with van der Waals surface area (Å²) in [6.07, 6.45) is -3.19. The van der Waals surface area contributed by atoms with Gasteiger partial charge in [-0.15, -0.1) is 0 Å². The van der Waals surface area contributed by atoms with Gasteiger partial charge in [-0.1, -0.05) is 12.1 Å². The normalized spacial score (nSPS) is 11.2. The van der Waals surface area contributed by atoms with Gasteiger partial charge < -0.3 is 9.64 Å². The highest BCUT2D eigenvalue weighted by Crippen LogP contribution is 2.32. The van der Waals surface area contributed by atoms with E-state index in [2.05, 4.69) is 14.7 Å². The van der Waals surface area contributed by atoms with Gasteiger partial charge in [0.2, 0.25) is 0 Å². The number of benzene rings is 1. The Bertz CT molecular complexity index is 704. The average molecular weight is 325 g/mol. The molecule has 0 saturated carbocycles. The molecule has 0 amide bonds. The Morgan fingerprint density at radius 2 is 2.00 bits per heavy atom. The van der Waals surface area contributed by atoms with Crippen LogP contribution in [0.25, 0.3) is 11.3 Å². The fourth-order valence-corrected chi connectivity index (χ4v) is 1.91. The highest BCUT2D eigenvalue weighted by Gasteiger charge is 2.30. The van der Waals surface area contributed by atoms with Crippen LogP contribution < -0.4 is 4.90 Å². The molecule has 0 saturated heterocycles. The van der Waals surface area contributed by atoms with Crippen LogP contribution in [-0.2, 0) is 15.7 Å². The molecule has 0 atom stereocenters.